The molecular formula is C15H22BrFN2. The summed E-state index contributed by atoms with van der Waals surface area (Å²) in [7, 11) is 0. The number of hydrogen-bond acceptors (Lipinski definition) is 2. The number of piperidine rings is 1. The Morgan fingerprint density at radius 2 is 2.21 bits per heavy atom. The summed E-state index contributed by atoms with van der Waals surface area (Å²) >= 11 is 3.34. The molecule has 1 aromatic carbocycles. The summed E-state index contributed by atoms with van der Waals surface area (Å²) in [6.45, 7) is 3.50. The van der Waals surface area contributed by atoms with Gasteiger partial charge in [0.2, 0.25) is 0 Å². The van der Waals surface area contributed by atoms with Crippen molar-refractivity contribution in [2.45, 2.75) is 51.6 Å². The molecule has 106 valence electrons. The van der Waals surface area contributed by atoms with E-state index < -0.39 is 0 Å². The van der Waals surface area contributed by atoms with Crippen molar-refractivity contribution >= 4 is 21.6 Å². The minimum Gasteiger partial charge on any atom is -0.366 e. The first kappa shape index (κ1) is 14.8. The fourth-order valence-corrected chi connectivity index (χ4v) is 3.41. The highest BCUT2D eigenvalue weighted by molar-refractivity contribution is 9.10. The number of halogens is 2. The third kappa shape index (κ3) is 3.11. The van der Waals surface area contributed by atoms with E-state index in [1.165, 1.54) is 12.8 Å². The lowest BCUT2D eigenvalue weighted by Crippen LogP contribution is -2.40. The molecule has 1 saturated heterocycles. The van der Waals surface area contributed by atoms with Crippen LogP contribution >= 0.6 is 15.9 Å². The first-order valence-corrected chi connectivity index (χ1v) is 7.92. The van der Waals surface area contributed by atoms with E-state index in [1.807, 2.05) is 12.1 Å². The monoisotopic (exact) mass is 328 g/mol. The second-order valence-electron chi connectivity index (χ2n) is 5.21. The van der Waals surface area contributed by atoms with E-state index in [4.69, 9.17) is 5.73 Å². The zero-order valence-electron chi connectivity index (χ0n) is 11.5. The third-order valence-corrected chi connectivity index (χ3v) is 4.78. The van der Waals surface area contributed by atoms with Gasteiger partial charge in [-0.2, -0.15) is 0 Å². The van der Waals surface area contributed by atoms with Gasteiger partial charge < -0.3 is 10.6 Å². The summed E-state index contributed by atoms with van der Waals surface area (Å²) in [5.74, 6) is -0.161. The highest BCUT2D eigenvalue weighted by Gasteiger charge is 2.25. The Hall–Kier alpha value is -0.610. The number of anilines is 1. The van der Waals surface area contributed by atoms with Crippen LogP contribution in [0.3, 0.4) is 0 Å². The first-order chi connectivity index (χ1) is 9.19. The summed E-state index contributed by atoms with van der Waals surface area (Å²) in [6.07, 6.45) is 5.85. The number of benzene rings is 1. The maximum Gasteiger partial charge on any atom is 0.160 e. The molecule has 1 heterocycles. The molecular weight excluding hydrogens is 307 g/mol. The molecule has 1 aromatic rings. The third-order valence-electron chi connectivity index (χ3n) is 3.92. The van der Waals surface area contributed by atoms with Gasteiger partial charge in [0.25, 0.3) is 0 Å². The topological polar surface area (TPSA) is 29.3 Å². The van der Waals surface area contributed by atoms with Crippen LogP contribution < -0.4 is 10.6 Å². The van der Waals surface area contributed by atoms with E-state index in [0.717, 1.165) is 37.1 Å². The largest absolute Gasteiger partial charge is 0.366 e. The first-order valence-electron chi connectivity index (χ1n) is 7.12. The van der Waals surface area contributed by atoms with Gasteiger partial charge in [-0.3, -0.25) is 0 Å². The van der Waals surface area contributed by atoms with Crippen LogP contribution in [0.25, 0.3) is 0 Å². The minimum atomic E-state index is -0.161. The molecule has 0 bridgehead atoms. The molecule has 0 radical (unpaired) electrons. The molecule has 0 aromatic heterocycles. The molecule has 2 nitrogen and oxygen atoms in total. The average molecular weight is 329 g/mol. The van der Waals surface area contributed by atoms with Crippen molar-refractivity contribution < 1.29 is 4.39 Å². The van der Waals surface area contributed by atoms with Crippen LogP contribution in [-0.4, -0.2) is 12.6 Å². The lowest BCUT2D eigenvalue weighted by atomic mass is 9.97. The van der Waals surface area contributed by atoms with Gasteiger partial charge in [-0.1, -0.05) is 19.4 Å². The lowest BCUT2D eigenvalue weighted by Gasteiger charge is -2.38. The zero-order valence-corrected chi connectivity index (χ0v) is 13.0. The van der Waals surface area contributed by atoms with Gasteiger partial charge in [0.05, 0.1) is 10.2 Å². The van der Waals surface area contributed by atoms with Gasteiger partial charge in [0, 0.05) is 19.1 Å². The van der Waals surface area contributed by atoms with Gasteiger partial charge in [-0.15, -0.1) is 0 Å². The molecule has 1 fully saturated rings. The van der Waals surface area contributed by atoms with Crippen LogP contribution in [0.15, 0.2) is 16.6 Å². The van der Waals surface area contributed by atoms with E-state index in [2.05, 4.69) is 27.8 Å². The molecule has 19 heavy (non-hydrogen) atoms. The van der Waals surface area contributed by atoms with Crippen LogP contribution in [-0.2, 0) is 6.54 Å². The molecule has 1 aliphatic heterocycles. The Morgan fingerprint density at radius 1 is 1.42 bits per heavy atom. The summed E-state index contributed by atoms with van der Waals surface area (Å²) in [5, 5.41) is 0. The van der Waals surface area contributed by atoms with Gasteiger partial charge in [-0.05, 0) is 53.2 Å². The van der Waals surface area contributed by atoms with E-state index in [0.29, 0.717) is 17.1 Å². The van der Waals surface area contributed by atoms with Crippen LogP contribution in [0.2, 0.25) is 0 Å². The van der Waals surface area contributed by atoms with Crippen molar-refractivity contribution in [2.75, 3.05) is 11.4 Å². The van der Waals surface area contributed by atoms with Gasteiger partial charge >= 0.3 is 0 Å². The smallest absolute Gasteiger partial charge is 0.160 e. The molecule has 1 atom stereocenters. The van der Waals surface area contributed by atoms with E-state index >= 15 is 0 Å². The Kier molecular flexibility index (Phi) is 5.22. The van der Waals surface area contributed by atoms with E-state index in [1.54, 1.807) is 0 Å². The molecule has 0 saturated carbocycles. The Labute approximate surface area is 123 Å². The van der Waals surface area contributed by atoms with Crippen molar-refractivity contribution in [2.24, 2.45) is 5.73 Å². The van der Waals surface area contributed by atoms with Crippen LogP contribution in [0.5, 0.6) is 0 Å². The molecule has 2 rings (SSSR count). The number of nitrogens with two attached hydrogens (primary N) is 1. The van der Waals surface area contributed by atoms with Crippen LogP contribution in [0.1, 0.15) is 44.6 Å². The zero-order chi connectivity index (χ0) is 13.8. The fraction of sp³-hybridized carbons (Fsp3) is 0.600. The van der Waals surface area contributed by atoms with Gasteiger partial charge in [-0.25, -0.2) is 4.39 Å². The molecule has 1 unspecified atom stereocenters. The van der Waals surface area contributed by atoms with Crippen LogP contribution in [0, 0.1) is 5.82 Å². The summed E-state index contributed by atoms with van der Waals surface area (Å²) in [4.78, 5) is 2.24. The van der Waals surface area contributed by atoms with Crippen molar-refractivity contribution in [1.29, 1.82) is 0 Å². The van der Waals surface area contributed by atoms with Crippen molar-refractivity contribution in [1.82, 2.24) is 0 Å². The standard InChI is InChI=1S/C15H22BrFN2/c1-2-5-12-6-3-4-9-19(12)13-8-7-11(10-18)14(16)15(13)17/h7-8,12H,2-6,9-10,18H2,1H3. The minimum absolute atomic E-state index is 0.161. The molecule has 4 heteroatoms. The summed E-state index contributed by atoms with van der Waals surface area (Å²) < 4.78 is 15.0. The highest BCUT2D eigenvalue weighted by Crippen LogP contribution is 2.34. The Morgan fingerprint density at radius 3 is 2.89 bits per heavy atom. The second kappa shape index (κ2) is 6.71. The molecule has 0 amide bonds. The SMILES string of the molecule is CCCC1CCCCN1c1ccc(CN)c(Br)c1F. The van der Waals surface area contributed by atoms with Crippen molar-refractivity contribution in [3.63, 3.8) is 0 Å². The van der Waals surface area contributed by atoms with Crippen molar-refractivity contribution in [3.8, 4) is 0 Å². The Bertz CT molecular complexity index is 434. The van der Waals surface area contributed by atoms with Gasteiger partial charge in [0.1, 0.15) is 0 Å². The molecule has 0 spiro atoms. The molecule has 2 N–H and O–H groups in total. The van der Waals surface area contributed by atoms with Gasteiger partial charge in [0.15, 0.2) is 5.82 Å². The number of rotatable bonds is 4. The van der Waals surface area contributed by atoms with E-state index in [-0.39, 0.29) is 5.82 Å². The summed E-state index contributed by atoms with van der Waals surface area (Å²) in [6, 6.07) is 4.29. The molecule has 0 aliphatic carbocycles. The normalized spacial score (nSPS) is 19.8. The maximum atomic E-state index is 14.5. The quantitative estimate of drug-likeness (QED) is 0.897. The lowest BCUT2D eigenvalue weighted by molar-refractivity contribution is 0.428. The second-order valence-corrected chi connectivity index (χ2v) is 6.00. The van der Waals surface area contributed by atoms with E-state index in [9.17, 15) is 4.39 Å². The fourth-order valence-electron chi connectivity index (χ4n) is 2.91. The number of hydrogen-bond donors (Lipinski definition) is 1. The predicted molar refractivity (Wildman–Crippen MR) is 81.9 cm³/mol. The maximum absolute atomic E-state index is 14.5. The average Bonchev–Trinajstić information content (AvgIpc) is 2.43. The Balaban J connectivity index is 2.31. The highest BCUT2D eigenvalue weighted by atomic mass is 79.9. The summed E-state index contributed by atoms with van der Waals surface area (Å²) in [5.41, 5.74) is 7.16. The number of nitrogens with zero attached hydrogens (tertiary/aromatic N) is 1. The van der Waals surface area contributed by atoms with Crippen LogP contribution in [0.4, 0.5) is 10.1 Å². The molecule has 1 aliphatic rings. The van der Waals surface area contributed by atoms with Crippen molar-refractivity contribution in [3.05, 3.63) is 28.0 Å². The predicted octanol–water partition coefficient (Wildman–Crippen LogP) is 4.21.